The Balaban J connectivity index is 3.25. The highest BCUT2D eigenvalue weighted by Gasteiger charge is 2.18. The summed E-state index contributed by atoms with van der Waals surface area (Å²) in [5.74, 6) is 0.604. The standard InChI is InChI=1S/C9H12BrNO3S/c1-11(2)15(12,13)7-4-5-9(14-3)8(10)6-7/h4-6H,1-3H3. The molecule has 0 aliphatic rings. The fourth-order valence-electron chi connectivity index (χ4n) is 1.02. The molecule has 0 saturated heterocycles. The first-order valence-electron chi connectivity index (χ1n) is 4.15. The maximum Gasteiger partial charge on any atom is 0.242 e. The third-order valence-electron chi connectivity index (χ3n) is 1.90. The zero-order chi connectivity index (χ0) is 11.6. The van der Waals surface area contributed by atoms with Gasteiger partial charge in [0, 0.05) is 14.1 Å². The number of nitrogens with zero attached hydrogens (tertiary/aromatic N) is 1. The Morgan fingerprint density at radius 3 is 2.33 bits per heavy atom. The first-order chi connectivity index (χ1) is 6.89. The summed E-state index contributed by atoms with van der Waals surface area (Å²) in [7, 11) is 1.14. The molecule has 1 aromatic rings. The van der Waals surface area contributed by atoms with Gasteiger partial charge in [0.15, 0.2) is 0 Å². The molecule has 0 aliphatic carbocycles. The lowest BCUT2D eigenvalue weighted by Crippen LogP contribution is -2.22. The number of halogens is 1. The van der Waals surface area contributed by atoms with Crippen LogP contribution in [0.1, 0.15) is 0 Å². The topological polar surface area (TPSA) is 46.6 Å². The molecule has 0 bridgehead atoms. The first kappa shape index (κ1) is 12.5. The molecule has 0 atom stereocenters. The highest BCUT2D eigenvalue weighted by molar-refractivity contribution is 9.10. The second-order valence-electron chi connectivity index (χ2n) is 3.08. The fourth-order valence-corrected chi connectivity index (χ4v) is 2.64. The molecule has 0 fully saturated rings. The third kappa shape index (κ3) is 2.50. The van der Waals surface area contributed by atoms with Gasteiger partial charge in [0.1, 0.15) is 5.75 Å². The summed E-state index contributed by atoms with van der Waals surface area (Å²) in [4.78, 5) is 0.236. The Labute approximate surface area is 98.0 Å². The van der Waals surface area contributed by atoms with Crippen molar-refractivity contribution >= 4 is 26.0 Å². The van der Waals surface area contributed by atoms with Crippen LogP contribution in [0.3, 0.4) is 0 Å². The molecule has 0 radical (unpaired) electrons. The maximum absolute atomic E-state index is 11.7. The van der Waals surface area contributed by atoms with Gasteiger partial charge in [-0.05, 0) is 34.1 Å². The van der Waals surface area contributed by atoms with Gasteiger partial charge in [-0.15, -0.1) is 0 Å². The fraction of sp³-hybridized carbons (Fsp3) is 0.333. The van der Waals surface area contributed by atoms with Gasteiger partial charge in [-0.2, -0.15) is 0 Å². The molecule has 0 unspecified atom stereocenters. The van der Waals surface area contributed by atoms with Crippen molar-refractivity contribution in [2.24, 2.45) is 0 Å². The van der Waals surface area contributed by atoms with Crippen LogP contribution in [-0.2, 0) is 10.0 Å². The van der Waals surface area contributed by atoms with Crippen molar-refractivity contribution in [3.8, 4) is 5.75 Å². The number of benzene rings is 1. The van der Waals surface area contributed by atoms with Gasteiger partial charge < -0.3 is 4.74 Å². The molecule has 0 saturated carbocycles. The van der Waals surface area contributed by atoms with Crippen LogP contribution in [0, 0.1) is 0 Å². The number of hydrogen-bond acceptors (Lipinski definition) is 3. The molecular formula is C9H12BrNO3S. The lowest BCUT2D eigenvalue weighted by molar-refractivity contribution is 0.411. The van der Waals surface area contributed by atoms with E-state index < -0.39 is 10.0 Å². The van der Waals surface area contributed by atoms with Crippen molar-refractivity contribution < 1.29 is 13.2 Å². The van der Waals surface area contributed by atoms with Crippen molar-refractivity contribution in [1.29, 1.82) is 0 Å². The molecule has 0 aliphatic heterocycles. The number of ether oxygens (including phenoxy) is 1. The summed E-state index contributed by atoms with van der Waals surface area (Å²) in [6, 6.07) is 4.65. The van der Waals surface area contributed by atoms with Crippen molar-refractivity contribution in [3.63, 3.8) is 0 Å². The minimum absolute atomic E-state index is 0.236. The van der Waals surface area contributed by atoms with E-state index in [1.807, 2.05) is 0 Å². The SMILES string of the molecule is COc1ccc(S(=O)(=O)N(C)C)cc1Br. The van der Waals surface area contributed by atoms with Crippen molar-refractivity contribution in [2.45, 2.75) is 4.90 Å². The zero-order valence-electron chi connectivity index (χ0n) is 8.69. The Morgan fingerprint density at radius 2 is 1.93 bits per heavy atom. The summed E-state index contributed by atoms with van der Waals surface area (Å²) in [5.41, 5.74) is 0. The molecule has 0 aromatic heterocycles. The molecule has 0 N–H and O–H groups in total. The summed E-state index contributed by atoms with van der Waals surface area (Å²) in [6.45, 7) is 0. The van der Waals surface area contributed by atoms with Crippen LogP contribution in [0.15, 0.2) is 27.6 Å². The van der Waals surface area contributed by atoms with Gasteiger partial charge in [0.2, 0.25) is 10.0 Å². The van der Waals surface area contributed by atoms with Gasteiger partial charge >= 0.3 is 0 Å². The molecular weight excluding hydrogens is 282 g/mol. The van der Waals surface area contributed by atoms with E-state index in [9.17, 15) is 8.42 Å². The second-order valence-corrected chi connectivity index (χ2v) is 6.09. The van der Waals surface area contributed by atoms with Gasteiger partial charge in [-0.25, -0.2) is 12.7 Å². The number of rotatable bonds is 3. The molecule has 84 valence electrons. The molecule has 0 heterocycles. The van der Waals surface area contributed by atoms with Gasteiger partial charge in [-0.1, -0.05) is 0 Å². The van der Waals surface area contributed by atoms with E-state index in [4.69, 9.17) is 4.74 Å². The Kier molecular flexibility index (Phi) is 3.75. The van der Waals surface area contributed by atoms with Crippen LogP contribution in [0.25, 0.3) is 0 Å². The van der Waals surface area contributed by atoms with E-state index >= 15 is 0 Å². The van der Waals surface area contributed by atoms with Crippen LogP contribution < -0.4 is 4.74 Å². The normalized spacial score (nSPS) is 11.8. The third-order valence-corrected chi connectivity index (χ3v) is 4.33. The summed E-state index contributed by atoms with van der Waals surface area (Å²) in [5, 5.41) is 0. The quantitative estimate of drug-likeness (QED) is 0.852. The van der Waals surface area contributed by atoms with Gasteiger partial charge in [0.25, 0.3) is 0 Å². The van der Waals surface area contributed by atoms with Crippen LogP contribution in [0.4, 0.5) is 0 Å². The highest BCUT2D eigenvalue weighted by Crippen LogP contribution is 2.28. The maximum atomic E-state index is 11.7. The first-order valence-corrected chi connectivity index (χ1v) is 6.39. The minimum Gasteiger partial charge on any atom is -0.496 e. The summed E-state index contributed by atoms with van der Waals surface area (Å²) in [6.07, 6.45) is 0. The molecule has 1 aromatic carbocycles. The smallest absolute Gasteiger partial charge is 0.242 e. The second kappa shape index (κ2) is 4.51. The van der Waals surface area contributed by atoms with E-state index in [-0.39, 0.29) is 4.90 Å². The number of hydrogen-bond donors (Lipinski definition) is 0. The van der Waals surface area contributed by atoms with E-state index in [0.29, 0.717) is 10.2 Å². The molecule has 6 heteroatoms. The Hall–Kier alpha value is -0.590. The average molecular weight is 294 g/mol. The van der Waals surface area contributed by atoms with Crippen molar-refractivity contribution in [3.05, 3.63) is 22.7 Å². The van der Waals surface area contributed by atoms with Crippen LogP contribution in [0.2, 0.25) is 0 Å². The van der Waals surface area contributed by atoms with Crippen molar-refractivity contribution in [1.82, 2.24) is 4.31 Å². The van der Waals surface area contributed by atoms with Crippen molar-refractivity contribution in [2.75, 3.05) is 21.2 Å². The van der Waals surface area contributed by atoms with Crippen LogP contribution in [0.5, 0.6) is 5.75 Å². The summed E-state index contributed by atoms with van der Waals surface area (Å²) >= 11 is 3.24. The van der Waals surface area contributed by atoms with E-state index in [1.54, 1.807) is 6.07 Å². The predicted octanol–water partition coefficient (Wildman–Crippen LogP) is 1.71. The van der Waals surface area contributed by atoms with E-state index in [2.05, 4.69) is 15.9 Å². The average Bonchev–Trinajstić information content (AvgIpc) is 2.17. The number of methoxy groups -OCH3 is 1. The number of sulfonamides is 1. The predicted molar refractivity (Wildman–Crippen MR) is 61.6 cm³/mol. The largest absolute Gasteiger partial charge is 0.496 e. The highest BCUT2D eigenvalue weighted by atomic mass is 79.9. The summed E-state index contributed by atoms with van der Waals surface area (Å²) < 4.78 is 30.3. The monoisotopic (exact) mass is 293 g/mol. The van der Waals surface area contributed by atoms with E-state index in [1.165, 1.54) is 37.6 Å². The molecule has 4 nitrogen and oxygen atoms in total. The van der Waals surface area contributed by atoms with Gasteiger partial charge in [-0.3, -0.25) is 0 Å². The van der Waals surface area contributed by atoms with E-state index in [0.717, 1.165) is 0 Å². The van der Waals surface area contributed by atoms with Gasteiger partial charge in [0.05, 0.1) is 16.5 Å². The Morgan fingerprint density at radius 1 is 1.33 bits per heavy atom. The molecule has 0 spiro atoms. The molecule has 0 amide bonds. The Bertz CT molecular complexity index is 456. The molecule has 15 heavy (non-hydrogen) atoms. The van der Waals surface area contributed by atoms with Crippen LogP contribution >= 0.6 is 15.9 Å². The zero-order valence-corrected chi connectivity index (χ0v) is 11.1. The lowest BCUT2D eigenvalue weighted by atomic mass is 10.3. The molecule has 1 rings (SSSR count). The minimum atomic E-state index is -3.38. The van der Waals surface area contributed by atoms with Crippen LogP contribution in [-0.4, -0.2) is 33.9 Å². The lowest BCUT2D eigenvalue weighted by Gasteiger charge is -2.12.